The second kappa shape index (κ2) is 9.60. The zero-order valence-corrected chi connectivity index (χ0v) is 13.5. The van der Waals surface area contributed by atoms with Crippen LogP contribution >= 0.6 is 0 Å². The summed E-state index contributed by atoms with van der Waals surface area (Å²) in [5.74, 6) is 1.33. The zero-order chi connectivity index (χ0) is 15.7. The summed E-state index contributed by atoms with van der Waals surface area (Å²) in [6, 6.07) is 7.80. The number of aliphatic hydroxyl groups is 1. The standard InChI is InChI=1S/C16H28N2O3/c1-13(9-10-18(2)3)17-11-14(19)12-21-16-8-6-5-7-15(16)20-4/h5-8,13-14,17,19H,9-12H2,1-4H3. The lowest BCUT2D eigenvalue weighted by Crippen LogP contribution is -2.37. The Morgan fingerprint density at radius 2 is 1.90 bits per heavy atom. The SMILES string of the molecule is COc1ccccc1OCC(O)CNC(C)CCN(C)C. The minimum Gasteiger partial charge on any atom is -0.493 e. The number of para-hydroxylation sites is 2. The van der Waals surface area contributed by atoms with E-state index in [4.69, 9.17) is 9.47 Å². The van der Waals surface area contributed by atoms with Gasteiger partial charge in [-0.3, -0.25) is 0 Å². The van der Waals surface area contributed by atoms with Gasteiger partial charge in [0.25, 0.3) is 0 Å². The number of hydrogen-bond donors (Lipinski definition) is 2. The van der Waals surface area contributed by atoms with E-state index in [1.807, 2.05) is 24.3 Å². The molecule has 1 aromatic carbocycles. The van der Waals surface area contributed by atoms with Gasteiger partial charge in [0.1, 0.15) is 12.7 Å². The highest BCUT2D eigenvalue weighted by Gasteiger charge is 2.10. The van der Waals surface area contributed by atoms with Crippen LogP contribution in [0, 0.1) is 0 Å². The third kappa shape index (κ3) is 7.32. The van der Waals surface area contributed by atoms with Crippen molar-refractivity contribution in [2.24, 2.45) is 0 Å². The molecule has 0 aliphatic carbocycles. The lowest BCUT2D eigenvalue weighted by Gasteiger charge is -2.19. The molecule has 2 atom stereocenters. The number of rotatable bonds is 10. The number of nitrogens with zero attached hydrogens (tertiary/aromatic N) is 1. The zero-order valence-electron chi connectivity index (χ0n) is 13.5. The van der Waals surface area contributed by atoms with Crippen LogP contribution in [0.5, 0.6) is 11.5 Å². The maximum absolute atomic E-state index is 9.96. The fourth-order valence-corrected chi connectivity index (χ4v) is 1.87. The van der Waals surface area contributed by atoms with Gasteiger partial charge in [-0.15, -0.1) is 0 Å². The molecule has 0 fully saturated rings. The first-order valence-corrected chi connectivity index (χ1v) is 7.35. The molecule has 0 aliphatic rings. The Kier molecular flexibility index (Phi) is 8.12. The molecule has 0 bridgehead atoms. The van der Waals surface area contributed by atoms with Gasteiger partial charge in [0.2, 0.25) is 0 Å². The fraction of sp³-hybridized carbons (Fsp3) is 0.625. The molecule has 0 saturated carbocycles. The van der Waals surface area contributed by atoms with Gasteiger partial charge in [-0.25, -0.2) is 0 Å². The molecule has 0 radical (unpaired) electrons. The van der Waals surface area contributed by atoms with E-state index in [2.05, 4.69) is 31.2 Å². The molecule has 0 aromatic heterocycles. The number of methoxy groups -OCH3 is 1. The van der Waals surface area contributed by atoms with Crippen molar-refractivity contribution in [2.45, 2.75) is 25.5 Å². The minimum atomic E-state index is -0.545. The third-order valence-corrected chi connectivity index (χ3v) is 3.21. The molecule has 0 saturated heterocycles. The lowest BCUT2D eigenvalue weighted by molar-refractivity contribution is 0.102. The minimum absolute atomic E-state index is 0.244. The van der Waals surface area contributed by atoms with E-state index in [-0.39, 0.29) is 6.61 Å². The summed E-state index contributed by atoms with van der Waals surface area (Å²) < 4.78 is 10.8. The van der Waals surface area contributed by atoms with Crippen molar-refractivity contribution in [3.05, 3.63) is 24.3 Å². The van der Waals surface area contributed by atoms with Gasteiger partial charge in [-0.05, 0) is 46.1 Å². The molecular weight excluding hydrogens is 268 g/mol. The Morgan fingerprint density at radius 1 is 1.24 bits per heavy atom. The molecule has 120 valence electrons. The van der Waals surface area contributed by atoms with Crippen molar-refractivity contribution >= 4 is 0 Å². The van der Waals surface area contributed by atoms with E-state index in [0.29, 0.717) is 24.1 Å². The maximum Gasteiger partial charge on any atom is 0.161 e. The van der Waals surface area contributed by atoms with Crippen LogP contribution in [-0.2, 0) is 0 Å². The number of nitrogens with one attached hydrogen (secondary N) is 1. The lowest BCUT2D eigenvalue weighted by atomic mass is 10.2. The Bertz CT molecular complexity index is 399. The van der Waals surface area contributed by atoms with Crippen LogP contribution in [0.15, 0.2) is 24.3 Å². The average Bonchev–Trinajstić information content (AvgIpc) is 2.49. The summed E-state index contributed by atoms with van der Waals surface area (Å²) in [7, 11) is 5.72. The highest BCUT2D eigenvalue weighted by atomic mass is 16.5. The predicted molar refractivity (Wildman–Crippen MR) is 85.1 cm³/mol. The smallest absolute Gasteiger partial charge is 0.161 e. The first-order chi connectivity index (χ1) is 10.0. The van der Waals surface area contributed by atoms with Crippen LogP contribution in [0.1, 0.15) is 13.3 Å². The van der Waals surface area contributed by atoms with Crippen molar-refractivity contribution in [3.63, 3.8) is 0 Å². The van der Waals surface area contributed by atoms with E-state index in [9.17, 15) is 5.11 Å². The quantitative estimate of drug-likeness (QED) is 0.683. The molecule has 0 heterocycles. The van der Waals surface area contributed by atoms with Crippen LogP contribution in [0.4, 0.5) is 0 Å². The summed E-state index contributed by atoms with van der Waals surface area (Å²) in [4.78, 5) is 2.15. The van der Waals surface area contributed by atoms with Crippen molar-refractivity contribution < 1.29 is 14.6 Å². The summed E-state index contributed by atoms with van der Waals surface area (Å²) in [6.45, 7) is 3.91. The van der Waals surface area contributed by atoms with Gasteiger partial charge in [-0.2, -0.15) is 0 Å². The molecule has 5 heteroatoms. The van der Waals surface area contributed by atoms with Crippen molar-refractivity contribution in [1.29, 1.82) is 0 Å². The topological polar surface area (TPSA) is 54.0 Å². The highest BCUT2D eigenvalue weighted by Crippen LogP contribution is 2.25. The first kappa shape index (κ1) is 17.8. The predicted octanol–water partition coefficient (Wildman–Crippen LogP) is 1.36. The van der Waals surface area contributed by atoms with Gasteiger partial charge in [-0.1, -0.05) is 12.1 Å². The van der Waals surface area contributed by atoms with Gasteiger partial charge in [0.15, 0.2) is 11.5 Å². The largest absolute Gasteiger partial charge is 0.493 e. The Hall–Kier alpha value is -1.30. The number of ether oxygens (including phenoxy) is 2. The number of benzene rings is 1. The van der Waals surface area contributed by atoms with E-state index in [0.717, 1.165) is 13.0 Å². The summed E-state index contributed by atoms with van der Waals surface area (Å²) in [5, 5.41) is 13.3. The monoisotopic (exact) mass is 296 g/mol. The number of aliphatic hydroxyl groups excluding tert-OH is 1. The van der Waals surface area contributed by atoms with Crippen molar-refractivity contribution in [1.82, 2.24) is 10.2 Å². The van der Waals surface area contributed by atoms with Crippen LogP contribution < -0.4 is 14.8 Å². The van der Waals surface area contributed by atoms with Gasteiger partial charge >= 0.3 is 0 Å². The molecule has 0 amide bonds. The van der Waals surface area contributed by atoms with E-state index >= 15 is 0 Å². The van der Waals surface area contributed by atoms with Crippen molar-refractivity contribution in [2.75, 3.05) is 40.9 Å². The molecule has 0 aliphatic heterocycles. The molecule has 21 heavy (non-hydrogen) atoms. The summed E-state index contributed by atoms with van der Waals surface area (Å²) in [5.41, 5.74) is 0. The molecule has 1 rings (SSSR count). The maximum atomic E-state index is 9.96. The van der Waals surface area contributed by atoms with Crippen LogP contribution in [0.2, 0.25) is 0 Å². The van der Waals surface area contributed by atoms with Crippen LogP contribution in [0.25, 0.3) is 0 Å². The Balaban J connectivity index is 2.26. The normalized spacial score (nSPS) is 14.0. The molecular formula is C16H28N2O3. The molecule has 2 N–H and O–H groups in total. The second-order valence-corrected chi connectivity index (χ2v) is 5.52. The fourth-order valence-electron chi connectivity index (χ4n) is 1.87. The Morgan fingerprint density at radius 3 is 2.52 bits per heavy atom. The molecule has 0 spiro atoms. The van der Waals surface area contributed by atoms with Gasteiger partial charge < -0.3 is 24.8 Å². The van der Waals surface area contributed by atoms with Crippen LogP contribution in [-0.4, -0.2) is 63.1 Å². The summed E-state index contributed by atoms with van der Waals surface area (Å²) >= 11 is 0. The average molecular weight is 296 g/mol. The Labute approximate surface area is 127 Å². The van der Waals surface area contributed by atoms with Gasteiger partial charge in [0.05, 0.1) is 7.11 Å². The second-order valence-electron chi connectivity index (χ2n) is 5.52. The van der Waals surface area contributed by atoms with Gasteiger partial charge in [0, 0.05) is 12.6 Å². The molecule has 1 aromatic rings. The first-order valence-electron chi connectivity index (χ1n) is 7.35. The van der Waals surface area contributed by atoms with E-state index < -0.39 is 6.10 Å². The number of hydrogen-bond acceptors (Lipinski definition) is 5. The van der Waals surface area contributed by atoms with Crippen LogP contribution in [0.3, 0.4) is 0 Å². The van der Waals surface area contributed by atoms with Crippen molar-refractivity contribution in [3.8, 4) is 11.5 Å². The van der Waals surface area contributed by atoms with E-state index in [1.165, 1.54) is 0 Å². The summed E-state index contributed by atoms with van der Waals surface area (Å²) in [6.07, 6.45) is 0.504. The third-order valence-electron chi connectivity index (χ3n) is 3.21. The molecule has 2 unspecified atom stereocenters. The van der Waals surface area contributed by atoms with E-state index in [1.54, 1.807) is 7.11 Å². The highest BCUT2D eigenvalue weighted by molar-refractivity contribution is 5.39. The molecule has 5 nitrogen and oxygen atoms in total.